The van der Waals surface area contributed by atoms with Crippen LogP contribution < -0.4 is 9.84 Å². The fourth-order valence-electron chi connectivity index (χ4n) is 1.68. The molecule has 0 aliphatic rings. The molecule has 0 saturated heterocycles. The lowest BCUT2D eigenvalue weighted by atomic mass is 10.2. The summed E-state index contributed by atoms with van der Waals surface area (Å²) in [5.74, 6) is 0.775. The first-order valence-corrected chi connectivity index (χ1v) is 6.14. The van der Waals surface area contributed by atoms with Gasteiger partial charge in [0, 0.05) is 0 Å². The Morgan fingerprint density at radius 3 is 2.62 bits per heavy atom. The van der Waals surface area contributed by atoms with Gasteiger partial charge in [0.2, 0.25) is 0 Å². The van der Waals surface area contributed by atoms with Crippen molar-refractivity contribution in [2.45, 2.75) is 0 Å². The fourth-order valence-corrected chi connectivity index (χ4v) is 1.68. The number of aromatic nitrogens is 4. The Morgan fingerprint density at radius 2 is 1.86 bits per heavy atom. The number of para-hydroxylation sites is 1. The summed E-state index contributed by atoms with van der Waals surface area (Å²) in [7, 11) is 0. The Bertz CT molecular complexity index is 741. The lowest BCUT2D eigenvalue weighted by Crippen LogP contribution is -2.18. The van der Waals surface area contributed by atoms with E-state index in [4.69, 9.17) is 4.74 Å². The number of benzene rings is 2. The highest BCUT2D eigenvalue weighted by molar-refractivity contribution is 5.92. The highest BCUT2D eigenvalue weighted by Gasteiger charge is 2.00. The molecular formula is C14H10N5O2-. The minimum atomic E-state index is -0.463. The summed E-state index contributed by atoms with van der Waals surface area (Å²) in [5, 5.41) is 24.7. The van der Waals surface area contributed by atoms with Crippen LogP contribution in [0.1, 0.15) is 5.56 Å². The smallest absolute Gasteiger partial charge is 0.288 e. The second-order valence-corrected chi connectivity index (χ2v) is 4.07. The van der Waals surface area contributed by atoms with E-state index in [0.717, 1.165) is 0 Å². The number of H-pyrrole nitrogens is 1. The summed E-state index contributed by atoms with van der Waals surface area (Å²) in [5.41, 5.74) is 0.383. The third-order valence-corrected chi connectivity index (χ3v) is 2.60. The van der Waals surface area contributed by atoms with Gasteiger partial charge in [-0.3, -0.25) is 0 Å². The van der Waals surface area contributed by atoms with Crippen molar-refractivity contribution in [2.75, 3.05) is 0 Å². The number of nitrogens with zero attached hydrogens (tertiary/aromatic N) is 4. The lowest BCUT2D eigenvalue weighted by molar-refractivity contribution is -0.212. The van der Waals surface area contributed by atoms with Gasteiger partial charge in [-0.25, -0.2) is 4.99 Å². The van der Waals surface area contributed by atoms with Gasteiger partial charge in [0.1, 0.15) is 11.5 Å². The monoisotopic (exact) mass is 280 g/mol. The van der Waals surface area contributed by atoms with E-state index in [1.54, 1.807) is 24.3 Å². The zero-order valence-corrected chi connectivity index (χ0v) is 10.8. The summed E-state index contributed by atoms with van der Waals surface area (Å²) in [4.78, 5) is 3.73. The molecule has 0 fully saturated rings. The fraction of sp³-hybridized carbons (Fsp3) is 0. The summed E-state index contributed by atoms with van der Waals surface area (Å²) < 4.78 is 5.66. The highest BCUT2D eigenvalue weighted by Crippen LogP contribution is 2.21. The molecule has 1 aromatic heterocycles. The molecule has 0 aliphatic carbocycles. The average molecular weight is 280 g/mol. The Labute approximate surface area is 119 Å². The SMILES string of the molecule is [O-]C(=Nc1nn[nH]n1)c1cccc(Oc2ccccc2)c1. The first-order chi connectivity index (χ1) is 10.3. The van der Waals surface area contributed by atoms with Crippen molar-refractivity contribution in [3.63, 3.8) is 0 Å². The number of ether oxygens (including phenoxy) is 1. The average Bonchev–Trinajstić information content (AvgIpc) is 3.01. The maximum Gasteiger partial charge on any atom is 0.288 e. The molecule has 3 rings (SSSR count). The topological polar surface area (TPSA) is 99.1 Å². The van der Waals surface area contributed by atoms with Gasteiger partial charge >= 0.3 is 0 Å². The number of hydrogen-bond donors (Lipinski definition) is 1. The molecule has 2 aromatic carbocycles. The second-order valence-electron chi connectivity index (χ2n) is 4.07. The summed E-state index contributed by atoms with van der Waals surface area (Å²) >= 11 is 0. The van der Waals surface area contributed by atoms with Crippen LogP contribution in [0.25, 0.3) is 0 Å². The van der Waals surface area contributed by atoms with Crippen LogP contribution in [0.2, 0.25) is 0 Å². The molecule has 0 bridgehead atoms. The van der Waals surface area contributed by atoms with E-state index in [1.807, 2.05) is 30.3 Å². The van der Waals surface area contributed by atoms with Crippen LogP contribution in [-0.4, -0.2) is 26.5 Å². The van der Waals surface area contributed by atoms with Crippen LogP contribution in [0.3, 0.4) is 0 Å². The molecule has 0 aliphatic heterocycles. The maximum atomic E-state index is 12.0. The first kappa shape index (κ1) is 12.8. The van der Waals surface area contributed by atoms with Crippen molar-refractivity contribution < 1.29 is 9.84 Å². The van der Waals surface area contributed by atoms with E-state index < -0.39 is 5.90 Å². The molecule has 0 atom stereocenters. The van der Waals surface area contributed by atoms with Crippen molar-refractivity contribution in [1.29, 1.82) is 0 Å². The van der Waals surface area contributed by atoms with E-state index >= 15 is 0 Å². The molecular weight excluding hydrogens is 270 g/mol. The molecule has 3 aromatic rings. The largest absolute Gasteiger partial charge is 0.858 e. The van der Waals surface area contributed by atoms with Crippen LogP contribution in [0.5, 0.6) is 11.5 Å². The summed E-state index contributed by atoms with van der Waals surface area (Å²) in [6, 6.07) is 16.0. The number of nitrogens with one attached hydrogen (secondary N) is 1. The number of hydrogen-bond acceptors (Lipinski definition) is 6. The number of rotatable bonds is 4. The van der Waals surface area contributed by atoms with Crippen molar-refractivity contribution in [2.24, 2.45) is 4.99 Å². The quantitative estimate of drug-likeness (QED) is 0.575. The van der Waals surface area contributed by atoms with Crippen molar-refractivity contribution in [3.05, 3.63) is 60.2 Å². The van der Waals surface area contributed by atoms with Gasteiger partial charge in [-0.1, -0.05) is 35.4 Å². The van der Waals surface area contributed by atoms with Crippen molar-refractivity contribution >= 4 is 11.8 Å². The predicted octanol–water partition coefficient (Wildman–Crippen LogP) is 1.43. The Morgan fingerprint density at radius 1 is 1.05 bits per heavy atom. The van der Waals surface area contributed by atoms with Gasteiger partial charge in [0.05, 0.1) is 0 Å². The van der Waals surface area contributed by atoms with Crippen LogP contribution in [0.4, 0.5) is 5.95 Å². The molecule has 0 spiro atoms. The predicted molar refractivity (Wildman–Crippen MR) is 73.3 cm³/mol. The molecule has 104 valence electrons. The molecule has 0 amide bonds. The van der Waals surface area contributed by atoms with Crippen molar-refractivity contribution in [3.8, 4) is 11.5 Å². The third-order valence-electron chi connectivity index (χ3n) is 2.60. The van der Waals surface area contributed by atoms with E-state index in [2.05, 4.69) is 25.6 Å². The van der Waals surface area contributed by atoms with E-state index in [9.17, 15) is 5.11 Å². The van der Waals surface area contributed by atoms with Gasteiger partial charge in [-0.15, -0.1) is 5.10 Å². The molecule has 21 heavy (non-hydrogen) atoms. The summed E-state index contributed by atoms with van der Waals surface area (Å²) in [6.07, 6.45) is 0. The van der Waals surface area contributed by atoms with E-state index in [1.165, 1.54) is 0 Å². The summed E-state index contributed by atoms with van der Waals surface area (Å²) in [6.45, 7) is 0. The molecule has 0 radical (unpaired) electrons. The van der Waals surface area contributed by atoms with Crippen LogP contribution in [-0.2, 0) is 0 Å². The minimum Gasteiger partial charge on any atom is -0.858 e. The molecule has 0 unspecified atom stereocenters. The highest BCUT2D eigenvalue weighted by atomic mass is 16.5. The molecule has 7 nitrogen and oxygen atoms in total. The Balaban J connectivity index is 1.83. The standard InChI is InChI=1S/C14H11N5O2/c20-13(15-14-16-18-19-17-14)10-5-4-8-12(9-10)21-11-6-2-1-3-7-11/h1-9H,(H2,15,16,17,18,19,20)/p-1. The van der Waals surface area contributed by atoms with Crippen LogP contribution >= 0.6 is 0 Å². The van der Waals surface area contributed by atoms with Crippen LogP contribution in [0.15, 0.2) is 59.6 Å². The normalized spacial score (nSPS) is 11.3. The van der Waals surface area contributed by atoms with Gasteiger partial charge in [0.15, 0.2) is 0 Å². The minimum absolute atomic E-state index is 0.00520. The Kier molecular flexibility index (Phi) is 3.55. The molecule has 0 saturated carbocycles. The van der Waals surface area contributed by atoms with E-state index in [-0.39, 0.29) is 5.95 Å². The first-order valence-electron chi connectivity index (χ1n) is 6.14. The van der Waals surface area contributed by atoms with E-state index in [0.29, 0.717) is 17.1 Å². The number of aromatic amines is 1. The zero-order valence-electron chi connectivity index (χ0n) is 10.8. The maximum absolute atomic E-state index is 12.0. The molecule has 7 heteroatoms. The van der Waals surface area contributed by atoms with Crippen molar-refractivity contribution in [1.82, 2.24) is 20.6 Å². The van der Waals surface area contributed by atoms with Gasteiger partial charge in [0.25, 0.3) is 5.95 Å². The number of tetrazole rings is 1. The second kappa shape index (κ2) is 5.83. The Hall–Kier alpha value is -3.22. The van der Waals surface area contributed by atoms with Crippen LogP contribution in [0, 0.1) is 0 Å². The molecule has 1 heterocycles. The molecule has 1 N–H and O–H groups in total. The van der Waals surface area contributed by atoms with Gasteiger partial charge < -0.3 is 9.84 Å². The zero-order chi connectivity index (χ0) is 14.5. The lowest BCUT2D eigenvalue weighted by Gasteiger charge is -2.11. The van der Waals surface area contributed by atoms with Gasteiger partial charge in [-0.2, -0.15) is 5.21 Å². The third kappa shape index (κ3) is 3.21. The van der Waals surface area contributed by atoms with Gasteiger partial charge in [-0.05, 0) is 40.9 Å². The number of aliphatic imine (C=N–C) groups is 1.